The van der Waals surface area contributed by atoms with E-state index in [2.05, 4.69) is 10.4 Å². The summed E-state index contributed by atoms with van der Waals surface area (Å²) >= 11 is 0. The van der Waals surface area contributed by atoms with Crippen molar-refractivity contribution in [3.8, 4) is 11.3 Å². The van der Waals surface area contributed by atoms with Crippen molar-refractivity contribution >= 4 is 18.3 Å². The summed E-state index contributed by atoms with van der Waals surface area (Å²) in [6.45, 7) is 2.55. The van der Waals surface area contributed by atoms with Crippen LogP contribution in [0.1, 0.15) is 19.3 Å². The van der Waals surface area contributed by atoms with Crippen LogP contribution in [-0.4, -0.2) is 47.3 Å². The minimum atomic E-state index is -0.248. The average Bonchev–Trinajstić information content (AvgIpc) is 2.69. The predicted octanol–water partition coefficient (Wildman–Crippen LogP) is 2.18. The maximum atomic E-state index is 12.6. The molecule has 0 atom stereocenters. The summed E-state index contributed by atoms with van der Waals surface area (Å²) in [5.41, 5.74) is 1.38. The van der Waals surface area contributed by atoms with Gasteiger partial charge in [0.25, 0.3) is 5.56 Å². The van der Waals surface area contributed by atoms with E-state index in [1.54, 1.807) is 6.07 Å². The SMILES string of the molecule is CNCCC1CCN(C(=O)Cn2nc(-c3ccccc3)ccc2=O)CC1.Cl. The highest BCUT2D eigenvalue weighted by Crippen LogP contribution is 2.20. The molecule has 0 saturated carbocycles. The molecule has 0 bridgehead atoms. The molecule has 0 unspecified atom stereocenters. The zero-order valence-electron chi connectivity index (χ0n) is 15.6. The first-order chi connectivity index (χ1) is 12.7. The molecule has 6 nitrogen and oxygen atoms in total. The second kappa shape index (κ2) is 10.2. The second-order valence-corrected chi connectivity index (χ2v) is 6.80. The van der Waals surface area contributed by atoms with Gasteiger partial charge in [-0.1, -0.05) is 30.3 Å². The van der Waals surface area contributed by atoms with Crippen molar-refractivity contribution < 1.29 is 4.79 Å². The van der Waals surface area contributed by atoms with Crippen LogP contribution in [0.5, 0.6) is 0 Å². The Bertz CT molecular complexity index is 786. The largest absolute Gasteiger partial charge is 0.341 e. The van der Waals surface area contributed by atoms with Crippen LogP contribution in [0.15, 0.2) is 47.3 Å². The van der Waals surface area contributed by atoms with E-state index < -0.39 is 0 Å². The van der Waals surface area contributed by atoms with E-state index in [1.807, 2.05) is 42.3 Å². The van der Waals surface area contributed by atoms with Crippen molar-refractivity contribution in [3.63, 3.8) is 0 Å². The number of carbonyl (C=O) groups excluding carboxylic acids is 1. The van der Waals surface area contributed by atoms with E-state index in [9.17, 15) is 9.59 Å². The molecule has 2 heterocycles. The van der Waals surface area contributed by atoms with Gasteiger partial charge in [-0.15, -0.1) is 12.4 Å². The van der Waals surface area contributed by atoms with E-state index in [4.69, 9.17) is 0 Å². The predicted molar refractivity (Wildman–Crippen MR) is 109 cm³/mol. The number of nitrogens with one attached hydrogen (secondary N) is 1. The van der Waals surface area contributed by atoms with Crippen LogP contribution in [0.4, 0.5) is 0 Å². The van der Waals surface area contributed by atoms with Gasteiger partial charge in [0.1, 0.15) is 6.54 Å². The lowest BCUT2D eigenvalue weighted by Gasteiger charge is -2.32. The van der Waals surface area contributed by atoms with Crippen LogP contribution in [-0.2, 0) is 11.3 Å². The Balaban J connectivity index is 0.00000261. The lowest BCUT2D eigenvalue weighted by molar-refractivity contribution is -0.133. The molecule has 1 fully saturated rings. The smallest absolute Gasteiger partial charge is 0.267 e. The first-order valence-electron chi connectivity index (χ1n) is 9.23. The topological polar surface area (TPSA) is 67.2 Å². The number of rotatable bonds is 6. The number of carbonyl (C=O) groups is 1. The van der Waals surface area contributed by atoms with Crippen molar-refractivity contribution in [1.82, 2.24) is 20.0 Å². The van der Waals surface area contributed by atoms with Gasteiger partial charge in [-0.25, -0.2) is 4.68 Å². The number of benzene rings is 1. The minimum Gasteiger partial charge on any atom is -0.341 e. The molecule has 1 N–H and O–H groups in total. The normalized spacial score (nSPS) is 14.6. The van der Waals surface area contributed by atoms with Crippen molar-refractivity contribution in [2.75, 3.05) is 26.7 Å². The number of piperidine rings is 1. The Morgan fingerprint density at radius 3 is 2.52 bits per heavy atom. The van der Waals surface area contributed by atoms with Gasteiger partial charge < -0.3 is 10.2 Å². The van der Waals surface area contributed by atoms with E-state index in [-0.39, 0.29) is 30.4 Å². The van der Waals surface area contributed by atoms with Gasteiger partial charge in [-0.05, 0) is 44.8 Å². The van der Waals surface area contributed by atoms with Crippen LogP contribution >= 0.6 is 12.4 Å². The third kappa shape index (κ3) is 5.65. The molecule has 1 aromatic carbocycles. The number of nitrogens with zero attached hydrogens (tertiary/aromatic N) is 3. The van der Waals surface area contributed by atoms with Gasteiger partial charge in [-0.2, -0.15) is 5.10 Å². The fraction of sp³-hybridized carbons (Fsp3) is 0.450. The first-order valence-corrected chi connectivity index (χ1v) is 9.23. The number of likely N-dealkylation sites (tertiary alicyclic amines) is 1. The molecule has 1 aliphatic rings. The lowest BCUT2D eigenvalue weighted by atomic mass is 9.93. The number of hydrogen-bond donors (Lipinski definition) is 1. The summed E-state index contributed by atoms with van der Waals surface area (Å²) in [5.74, 6) is 0.644. The molecule has 1 amide bonds. The van der Waals surface area contributed by atoms with Crippen LogP contribution < -0.4 is 10.9 Å². The fourth-order valence-corrected chi connectivity index (χ4v) is 3.37. The third-order valence-electron chi connectivity index (χ3n) is 4.99. The van der Waals surface area contributed by atoms with Crippen LogP contribution in [0.3, 0.4) is 0 Å². The molecular formula is C20H27ClN4O2. The maximum absolute atomic E-state index is 12.6. The highest BCUT2D eigenvalue weighted by Gasteiger charge is 2.23. The average molecular weight is 391 g/mol. The van der Waals surface area contributed by atoms with Crippen LogP contribution in [0, 0.1) is 5.92 Å². The van der Waals surface area contributed by atoms with Crippen molar-refractivity contribution in [2.24, 2.45) is 5.92 Å². The number of hydrogen-bond acceptors (Lipinski definition) is 4. The fourth-order valence-electron chi connectivity index (χ4n) is 3.37. The minimum absolute atomic E-state index is 0. The third-order valence-corrected chi connectivity index (χ3v) is 4.99. The lowest BCUT2D eigenvalue weighted by Crippen LogP contribution is -2.42. The monoisotopic (exact) mass is 390 g/mol. The molecule has 2 aromatic rings. The Morgan fingerprint density at radius 2 is 1.85 bits per heavy atom. The van der Waals surface area contributed by atoms with Gasteiger partial charge in [-0.3, -0.25) is 9.59 Å². The summed E-state index contributed by atoms with van der Waals surface area (Å²) < 4.78 is 1.28. The van der Waals surface area contributed by atoms with Gasteiger partial charge >= 0.3 is 0 Å². The summed E-state index contributed by atoms with van der Waals surface area (Å²) in [5, 5.41) is 7.56. The molecule has 0 aliphatic carbocycles. The molecule has 1 aromatic heterocycles. The van der Waals surface area contributed by atoms with Gasteiger partial charge in [0.15, 0.2) is 0 Å². The molecule has 3 rings (SSSR count). The molecule has 146 valence electrons. The van der Waals surface area contributed by atoms with Crippen molar-refractivity contribution in [2.45, 2.75) is 25.8 Å². The Hall–Kier alpha value is -2.18. The molecule has 27 heavy (non-hydrogen) atoms. The Morgan fingerprint density at radius 1 is 1.15 bits per heavy atom. The molecule has 1 aliphatic heterocycles. The summed E-state index contributed by atoms with van der Waals surface area (Å²) in [6, 6.07) is 12.8. The maximum Gasteiger partial charge on any atom is 0.267 e. The Kier molecular flexibility index (Phi) is 8.00. The van der Waals surface area contributed by atoms with Gasteiger partial charge in [0, 0.05) is 24.7 Å². The highest BCUT2D eigenvalue weighted by molar-refractivity contribution is 5.85. The summed E-state index contributed by atoms with van der Waals surface area (Å²) in [7, 11) is 1.97. The number of aromatic nitrogens is 2. The second-order valence-electron chi connectivity index (χ2n) is 6.80. The molecule has 0 radical (unpaired) electrons. The van der Waals surface area contributed by atoms with Gasteiger partial charge in [0.2, 0.25) is 5.91 Å². The first kappa shape index (κ1) is 21.1. The standard InChI is InChI=1S/C20H26N4O2.ClH/c1-21-12-9-16-10-13-23(14-11-16)20(26)15-24-19(25)8-7-18(22-24)17-5-3-2-4-6-17;/h2-8,16,21H,9-15H2,1H3;1H. The van der Waals surface area contributed by atoms with Crippen LogP contribution in [0.25, 0.3) is 11.3 Å². The molecule has 0 spiro atoms. The van der Waals surface area contributed by atoms with Crippen molar-refractivity contribution in [1.29, 1.82) is 0 Å². The molecule has 1 saturated heterocycles. The molecule has 7 heteroatoms. The van der Waals surface area contributed by atoms with E-state index in [1.165, 1.54) is 10.7 Å². The van der Waals surface area contributed by atoms with Gasteiger partial charge in [0.05, 0.1) is 5.69 Å². The summed E-state index contributed by atoms with van der Waals surface area (Å²) in [6.07, 6.45) is 3.21. The summed E-state index contributed by atoms with van der Waals surface area (Å²) in [4.78, 5) is 26.6. The Labute approximate surface area is 166 Å². The van der Waals surface area contributed by atoms with E-state index in [0.717, 1.165) is 44.5 Å². The van der Waals surface area contributed by atoms with Crippen LogP contribution in [0.2, 0.25) is 0 Å². The van der Waals surface area contributed by atoms with Crippen molar-refractivity contribution in [3.05, 3.63) is 52.8 Å². The van der Waals surface area contributed by atoms with E-state index >= 15 is 0 Å². The molecular weight excluding hydrogens is 364 g/mol. The van der Waals surface area contributed by atoms with E-state index in [0.29, 0.717) is 11.6 Å². The zero-order chi connectivity index (χ0) is 18.4. The number of amides is 1. The number of halogens is 1. The quantitative estimate of drug-likeness (QED) is 0.820. The zero-order valence-corrected chi connectivity index (χ0v) is 16.5. The highest BCUT2D eigenvalue weighted by atomic mass is 35.5.